The van der Waals surface area contributed by atoms with Crippen LogP contribution in [0.5, 0.6) is 0 Å². The Kier molecular flexibility index (Phi) is 3.16. The van der Waals surface area contributed by atoms with Gasteiger partial charge < -0.3 is 10.3 Å². The van der Waals surface area contributed by atoms with Gasteiger partial charge in [0.05, 0.1) is 11.9 Å². The van der Waals surface area contributed by atoms with Gasteiger partial charge in [-0.25, -0.2) is 4.98 Å². The van der Waals surface area contributed by atoms with Crippen molar-refractivity contribution in [1.29, 1.82) is 0 Å². The fourth-order valence-corrected chi connectivity index (χ4v) is 2.81. The first-order valence-corrected chi connectivity index (χ1v) is 6.40. The van der Waals surface area contributed by atoms with Crippen LogP contribution in [0.3, 0.4) is 0 Å². The Morgan fingerprint density at radius 2 is 2.33 bits per heavy atom. The van der Waals surface area contributed by atoms with Crippen LogP contribution in [-0.4, -0.2) is 9.55 Å². The third-order valence-corrected chi connectivity index (χ3v) is 3.51. The molecule has 0 bridgehead atoms. The van der Waals surface area contributed by atoms with Gasteiger partial charge in [-0.15, -0.1) is 0 Å². The molecular weight excluding hydrogens is 254 g/mol. The number of rotatable bonds is 2. The molecule has 0 aromatic carbocycles. The summed E-state index contributed by atoms with van der Waals surface area (Å²) >= 11 is 3.53. The maximum atomic E-state index is 6.14. The number of fused-ring (bicyclic) bond motifs is 1. The van der Waals surface area contributed by atoms with E-state index in [2.05, 4.69) is 39.3 Å². The molecule has 1 aliphatic rings. The van der Waals surface area contributed by atoms with Crippen molar-refractivity contribution in [2.24, 2.45) is 11.7 Å². The van der Waals surface area contributed by atoms with Crippen molar-refractivity contribution in [3.05, 3.63) is 16.1 Å². The molecule has 2 rings (SSSR count). The lowest BCUT2D eigenvalue weighted by Gasteiger charge is -2.24. The highest BCUT2D eigenvalue weighted by Gasteiger charge is 2.23. The first-order valence-electron chi connectivity index (χ1n) is 5.60. The average Bonchev–Trinajstić information content (AvgIpc) is 2.44. The zero-order valence-corrected chi connectivity index (χ0v) is 10.9. The molecule has 1 aromatic heterocycles. The van der Waals surface area contributed by atoms with Crippen molar-refractivity contribution in [3.63, 3.8) is 0 Å². The minimum atomic E-state index is 0.126. The quantitative estimate of drug-likeness (QED) is 0.899. The van der Waals surface area contributed by atoms with E-state index in [1.165, 1.54) is 12.1 Å². The predicted octanol–water partition coefficient (Wildman–Crippen LogP) is 2.64. The standard InChI is InChI=1S/C11H18BrN3/c1-7(2)6-10-14-11(12)8-4-3-5-9(13)15(8)10/h7,9H,3-6,13H2,1-2H3. The van der Waals surface area contributed by atoms with Gasteiger partial charge in [-0.3, -0.25) is 0 Å². The highest BCUT2D eigenvalue weighted by Crippen LogP contribution is 2.29. The number of hydrogen-bond acceptors (Lipinski definition) is 2. The van der Waals surface area contributed by atoms with Crippen LogP contribution in [0.4, 0.5) is 0 Å². The van der Waals surface area contributed by atoms with E-state index < -0.39 is 0 Å². The molecule has 0 amide bonds. The molecule has 1 atom stereocenters. The van der Waals surface area contributed by atoms with Crippen LogP contribution in [0, 0.1) is 5.92 Å². The van der Waals surface area contributed by atoms with Gasteiger partial charge in [0.25, 0.3) is 0 Å². The summed E-state index contributed by atoms with van der Waals surface area (Å²) in [5.41, 5.74) is 7.42. The Bertz CT molecular complexity index is 357. The number of nitrogens with two attached hydrogens (primary N) is 1. The van der Waals surface area contributed by atoms with E-state index in [0.29, 0.717) is 5.92 Å². The second-order valence-corrected chi connectivity index (χ2v) is 5.44. The summed E-state index contributed by atoms with van der Waals surface area (Å²) in [7, 11) is 0. The third kappa shape index (κ3) is 2.11. The Morgan fingerprint density at radius 1 is 1.60 bits per heavy atom. The molecule has 1 unspecified atom stereocenters. The van der Waals surface area contributed by atoms with Crippen LogP contribution < -0.4 is 5.73 Å². The largest absolute Gasteiger partial charge is 0.315 e. The fourth-order valence-electron chi connectivity index (χ4n) is 2.22. The molecule has 3 nitrogen and oxygen atoms in total. The summed E-state index contributed by atoms with van der Waals surface area (Å²) in [4.78, 5) is 4.58. The summed E-state index contributed by atoms with van der Waals surface area (Å²) in [5, 5.41) is 0. The van der Waals surface area contributed by atoms with Gasteiger partial charge in [-0.1, -0.05) is 13.8 Å². The van der Waals surface area contributed by atoms with Gasteiger partial charge >= 0.3 is 0 Å². The zero-order chi connectivity index (χ0) is 11.0. The van der Waals surface area contributed by atoms with Crippen molar-refractivity contribution in [2.45, 2.75) is 45.7 Å². The molecule has 2 N–H and O–H groups in total. The molecule has 15 heavy (non-hydrogen) atoms. The van der Waals surface area contributed by atoms with E-state index in [9.17, 15) is 0 Å². The van der Waals surface area contributed by atoms with Crippen LogP contribution in [0.2, 0.25) is 0 Å². The SMILES string of the molecule is CC(C)Cc1nc(Br)c2n1C(N)CCC2. The molecule has 1 aliphatic heterocycles. The van der Waals surface area contributed by atoms with Crippen molar-refractivity contribution in [3.8, 4) is 0 Å². The van der Waals surface area contributed by atoms with Crippen molar-refractivity contribution < 1.29 is 0 Å². The Balaban J connectivity index is 2.39. The highest BCUT2D eigenvalue weighted by atomic mass is 79.9. The van der Waals surface area contributed by atoms with E-state index in [1.54, 1.807) is 0 Å². The van der Waals surface area contributed by atoms with Crippen LogP contribution in [0.25, 0.3) is 0 Å². The Hall–Kier alpha value is -0.350. The van der Waals surface area contributed by atoms with Crippen LogP contribution >= 0.6 is 15.9 Å². The lowest BCUT2D eigenvalue weighted by Crippen LogP contribution is -2.26. The summed E-state index contributed by atoms with van der Waals surface area (Å²) in [5.74, 6) is 1.76. The third-order valence-electron chi connectivity index (χ3n) is 2.87. The lowest BCUT2D eigenvalue weighted by atomic mass is 10.1. The topological polar surface area (TPSA) is 43.8 Å². The molecule has 0 spiro atoms. The molecule has 0 aliphatic carbocycles. The first kappa shape index (κ1) is 11.1. The lowest BCUT2D eigenvalue weighted by molar-refractivity contribution is 0.394. The molecule has 1 aromatic rings. The van der Waals surface area contributed by atoms with Crippen molar-refractivity contribution in [2.75, 3.05) is 0 Å². The fraction of sp³-hybridized carbons (Fsp3) is 0.727. The zero-order valence-electron chi connectivity index (χ0n) is 9.33. The van der Waals surface area contributed by atoms with Crippen molar-refractivity contribution in [1.82, 2.24) is 9.55 Å². The number of aromatic nitrogens is 2. The van der Waals surface area contributed by atoms with Crippen molar-refractivity contribution >= 4 is 15.9 Å². The van der Waals surface area contributed by atoms with Gasteiger partial charge in [-0.05, 0) is 41.1 Å². The van der Waals surface area contributed by atoms with Gasteiger partial charge in [0.2, 0.25) is 0 Å². The summed E-state index contributed by atoms with van der Waals surface area (Å²) in [6.07, 6.45) is 4.47. The van der Waals surface area contributed by atoms with E-state index in [0.717, 1.165) is 29.7 Å². The molecule has 0 saturated carbocycles. The molecule has 2 heterocycles. The highest BCUT2D eigenvalue weighted by molar-refractivity contribution is 9.10. The predicted molar refractivity (Wildman–Crippen MR) is 64.6 cm³/mol. The van der Waals surface area contributed by atoms with Gasteiger partial charge in [0.15, 0.2) is 0 Å². The maximum absolute atomic E-state index is 6.14. The minimum Gasteiger partial charge on any atom is -0.315 e. The van der Waals surface area contributed by atoms with E-state index in [1.807, 2.05) is 0 Å². The second-order valence-electron chi connectivity index (χ2n) is 4.69. The summed E-state index contributed by atoms with van der Waals surface area (Å²) in [6.45, 7) is 4.42. The second kappa shape index (κ2) is 4.26. The van der Waals surface area contributed by atoms with Gasteiger partial charge in [0.1, 0.15) is 10.4 Å². The number of imidazole rings is 1. The summed E-state index contributed by atoms with van der Waals surface area (Å²) < 4.78 is 3.22. The van der Waals surface area contributed by atoms with Gasteiger partial charge in [-0.2, -0.15) is 0 Å². The molecule has 0 fully saturated rings. The van der Waals surface area contributed by atoms with Crippen LogP contribution in [-0.2, 0) is 12.8 Å². The average molecular weight is 272 g/mol. The molecule has 0 radical (unpaired) electrons. The monoisotopic (exact) mass is 271 g/mol. The smallest absolute Gasteiger partial charge is 0.127 e. The number of halogens is 1. The summed E-state index contributed by atoms with van der Waals surface area (Å²) in [6, 6.07) is 0. The molecular formula is C11H18BrN3. The first-order chi connectivity index (χ1) is 7.09. The molecule has 4 heteroatoms. The minimum absolute atomic E-state index is 0.126. The van der Waals surface area contributed by atoms with Crippen LogP contribution in [0.15, 0.2) is 4.60 Å². The Labute approximate surface area is 99.2 Å². The molecule has 84 valence electrons. The number of nitrogens with zero attached hydrogens (tertiary/aromatic N) is 2. The maximum Gasteiger partial charge on any atom is 0.127 e. The Morgan fingerprint density at radius 3 is 3.00 bits per heavy atom. The van der Waals surface area contributed by atoms with E-state index in [-0.39, 0.29) is 6.17 Å². The van der Waals surface area contributed by atoms with E-state index in [4.69, 9.17) is 5.73 Å². The van der Waals surface area contributed by atoms with Gasteiger partial charge in [0, 0.05) is 6.42 Å². The van der Waals surface area contributed by atoms with E-state index >= 15 is 0 Å². The number of hydrogen-bond donors (Lipinski definition) is 1. The van der Waals surface area contributed by atoms with Crippen LogP contribution in [0.1, 0.15) is 44.4 Å². The normalized spacial score (nSPS) is 20.7. The molecule has 0 saturated heterocycles.